The Kier molecular flexibility index (Phi) is 5.00. The minimum atomic E-state index is -0.726. The molecule has 1 amide bonds. The zero-order chi connectivity index (χ0) is 17.8. The molecule has 128 valence electrons. The number of halogens is 1. The van der Waals surface area contributed by atoms with E-state index in [0.717, 1.165) is 4.90 Å². The number of hydrogen-bond acceptors (Lipinski definition) is 5. The van der Waals surface area contributed by atoms with Crippen LogP contribution in [0.1, 0.15) is 10.4 Å². The van der Waals surface area contributed by atoms with Crippen molar-refractivity contribution >= 4 is 34.9 Å². The van der Waals surface area contributed by atoms with E-state index in [-0.39, 0.29) is 19.8 Å². The molecule has 3 rings (SSSR count). The van der Waals surface area contributed by atoms with Crippen LogP contribution < -0.4 is 9.64 Å². The second-order valence-corrected chi connectivity index (χ2v) is 5.70. The van der Waals surface area contributed by atoms with Gasteiger partial charge in [-0.25, -0.2) is 0 Å². The molecule has 0 saturated carbocycles. The van der Waals surface area contributed by atoms with Crippen LogP contribution >= 0.6 is 11.6 Å². The molecule has 0 bridgehead atoms. The number of para-hydroxylation sites is 1. The maximum absolute atomic E-state index is 12.0. The monoisotopic (exact) mass is 359 g/mol. The lowest BCUT2D eigenvalue weighted by Gasteiger charge is -2.15. The molecule has 0 fully saturated rings. The average Bonchev–Trinajstić information content (AvgIpc) is 2.86. The predicted octanol–water partition coefficient (Wildman–Crippen LogP) is 2.49. The van der Waals surface area contributed by atoms with Crippen LogP contribution in [0.3, 0.4) is 0 Å². The highest BCUT2D eigenvalue weighted by molar-refractivity contribution is 6.52. The van der Waals surface area contributed by atoms with E-state index in [2.05, 4.69) is 0 Å². The number of fused-ring (bicyclic) bond motifs is 1. The van der Waals surface area contributed by atoms with Crippen LogP contribution in [-0.2, 0) is 14.3 Å². The normalized spacial score (nSPS) is 12.9. The number of carbonyl (C=O) groups excluding carboxylic acids is 3. The van der Waals surface area contributed by atoms with Gasteiger partial charge in [0.05, 0.1) is 11.3 Å². The number of ketones is 1. The van der Waals surface area contributed by atoms with Crippen molar-refractivity contribution < 1.29 is 23.9 Å². The lowest BCUT2D eigenvalue weighted by Crippen LogP contribution is -2.35. The van der Waals surface area contributed by atoms with Crippen molar-refractivity contribution in [2.24, 2.45) is 0 Å². The summed E-state index contributed by atoms with van der Waals surface area (Å²) in [6, 6.07) is 13.3. The van der Waals surface area contributed by atoms with Crippen LogP contribution in [0, 0.1) is 0 Å². The standard InChI is InChI=1S/C18H14ClNO5/c19-12-5-7-13(8-6-12)24-9-10-25-16(21)11-20-15-4-2-1-3-14(15)17(22)18(20)23/h1-8H,9-11H2. The SMILES string of the molecule is O=C(CN1C(=O)C(=O)c2ccccc21)OCCOc1ccc(Cl)cc1. The number of hydrogen-bond donors (Lipinski definition) is 0. The second-order valence-electron chi connectivity index (χ2n) is 5.26. The Morgan fingerprint density at radius 2 is 1.72 bits per heavy atom. The number of esters is 1. The minimum Gasteiger partial charge on any atom is -0.490 e. The van der Waals surface area contributed by atoms with Crippen LogP contribution in [-0.4, -0.2) is 37.4 Å². The van der Waals surface area contributed by atoms with E-state index in [4.69, 9.17) is 21.1 Å². The van der Waals surface area contributed by atoms with Crippen molar-refractivity contribution in [3.05, 3.63) is 59.1 Å². The second kappa shape index (κ2) is 7.36. The fourth-order valence-corrected chi connectivity index (χ4v) is 2.55. The van der Waals surface area contributed by atoms with Gasteiger partial charge in [-0.1, -0.05) is 23.7 Å². The van der Waals surface area contributed by atoms with Crippen LogP contribution in [0.5, 0.6) is 5.75 Å². The predicted molar refractivity (Wildman–Crippen MR) is 91.0 cm³/mol. The zero-order valence-electron chi connectivity index (χ0n) is 13.1. The molecular formula is C18H14ClNO5. The van der Waals surface area contributed by atoms with Crippen molar-refractivity contribution in [3.8, 4) is 5.75 Å². The summed E-state index contributed by atoms with van der Waals surface area (Å²) < 4.78 is 10.5. The summed E-state index contributed by atoms with van der Waals surface area (Å²) in [5, 5.41) is 0.601. The van der Waals surface area contributed by atoms with E-state index in [1.54, 1.807) is 48.5 Å². The highest BCUT2D eigenvalue weighted by Crippen LogP contribution is 2.28. The molecule has 0 unspecified atom stereocenters. The van der Waals surface area contributed by atoms with Gasteiger partial charge in [-0.05, 0) is 36.4 Å². The molecule has 0 aromatic heterocycles. The number of nitrogens with zero attached hydrogens (tertiary/aromatic N) is 1. The third-order valence-electron chi connectivity index (χ3n) is 3.59. The van der Waals surface area contributed by atoms with E-state index >= 15 is 0 Å². The number of rotatable bonds is 6. The summed E-state index contributed by atoms with van der Waals surface area (Å²) in [4.78, 5) is 36.9. The van der Waals surface area contributed by atoms with Crippen LogP contribution in [0.2, 0.25) is 5.02 Å². The van der Waals surface area contributed by atoms with Crippen molar-refractivity contribution in [2.75, 3.05) is 24.7 Å². The molecule has 0 saturated heterocycles. The largest absolute Gasteiger partial charge is 0.490 e. The van der Waals surface area contributed by atoms with Gasteiger partial charge in [-0.2, -0.15) is 0 Å². The van der Waals surface area contributed by atoms with E-state index in [1.165, 1.54) is 0 Å². The van der Waals surface area contributed by atoms with Crippen LogP contribution in [0.4, 0.5) is 5.69 Å². The van der Waals surface area contributed by atoms with Gasteiger partial charge in [0.25, 0.3) is 11.7 Å². The molecule has 0 N–H and O–H groups in total. The highest BCUT2D eigenvalue weighted by atomic mass is 35.5. The molecule has 7 heteroatoms. The highest BCUT2D eigenvalue weighted by Gasteiger charge is 2.36. The minimum absolute atomic E-state index is 0.0269. The van der Waals surface area contributed by atoms with Gasteiger partial charge in [0, 0.05) is 5.02 Å². The molecule has 6 nitrogen and oxygen atoms in total. The van der Waals surface area contributed by atoms with Crippen molar-refractivity contribution in [1.29, 1.82) is 0 Å². The van der Waals surface area contributed by atoms with E-state index in [1.807, 2.05) is 0 Å². The number of anilines is 1. The molecule has 0 spiro atoms. The summed E-state index contributed by atoms with van der Waals surface area (Å²) in [6.45, 7) is -0.127. The third kappa shape index (κ3) is 3.80. The van der Waals surface area contributed by atoms with Gasteiger partial charge in [0.1, 0.15) is 25.5 Å². The molecule has 1 aliphatic rings. The van der Waals surface area contributed by atoms with E-state index in [0.29, 0.717) is 22.0 Å². The molecule has 0 radical (unpaired) electrons. The number of carbonyl (C=O) groups is 3. The smallest absolute Gasteiger partial charge is 0.326 e. The first-order valence-corrected chi connectivity index (χ1v) is 7.93. The molecule has 0 aliphatic carbocycles. The first kappa shape index (κ1) is 17.0. The molecule has 1 heterocycles. The van der Waals surface area contributed by atoms with Gasteiger partial charge in [0.15, 0.2) is 0 Å². The zero-order valence-corrected chi connectivity index (χ0v) is 13.9. The number of benzene rings is 2. The lowest BCUT2D eigenvalue weighted by molar-refractivity contribution is -0.143. The molecule has 0 atom stereocenters. The Hall–Kier alpha value is -2.86. The Bertz CT molecular complexity index is 818. The topological polar surface area (TPSA) is 72.9 Å². The summed E-state index contributed by atoms with van der Waals surface area (Å²) >= 11 is 5.77. The molecular weight excluding hydrogens is 346 g/mol. The van der Waals surface area contributed by atoms with Crippen LogP contribution in [0.25, 0.3) is 0 Å². The molecule has 25 heavy (non-hydrogen) atoms. The summed E-state index contributed by atoms with van der Waals surface area (Å²) in [5.74, 6) is -1.35. The molecule has 2 aromatic carbocycles. The average molecular weight is 360 g/mol. The number of Topliss-reactive ketones (excluding diaryl/α,β-unsaturated/α-hetero) is 1. The maximum Gasteiger partial charge on any atom is 0.326 e. The Morgan fingerprint density at radius 1 is 1.00 bits per heavy atom. The third-order valence-corrected chi connectivity index (χ3v) is 3.85. The molecule has 2 aromatic rings. The summed E-state index contributed by atoms with van der Waals surface area (Å²) in [6.07, 6.45) is 0. The van der Waals surface area contributed by atoms with Crippen LogP contribution in [0.15, 0.2) is 48.5 Å². The van der Waals surface area contributed by atoms with Gasteiger partial charge in [0.2, 0.25) is 0 Å². The summed E-state index contributed by atoms with van der Waals surface area (Å²) in [7, 11) is 0. The number of ether oxygens (including phenoxy) is 2. The Morgan fingerprint density at radius 3 is 2.48 bits per heavy atom. The number of amides is 1. The lowest BCUT2D eigenvalue weighted by atomic mass is 10.1. The van der Waals surface area contributed by atoms with E-state index < -0.39 is 17.7 Å². The van der Waals surface area contributed by atoms with Gasteiger partial charge < -0.3 is 9.47 Å². The fraction of sp³-hybridized carbons (Fsp3) is 0.167. The van der Waals surface area contributed by atoms with Crippen molar-refractivity contribution in [1.82, 2.24) is 0 Å². The Balaban J connectivity index is 1.49. The van der Waals surface area contributed by atoms with E-state index in [9.17, 15) is 14.4 Å². The fourth-order valence-electron chi connectivity index (χ4n) is 2.43. The first-order chi connectivity index (χ1) is 12.1. The maximum atomic E-state index is 12.0. The van der Waals surface area contributed by atoms with Gasteiger partial charge >= 0.3 is 5.97 Å². The first-order valence-electron chi connectivity index (χ1n) is 7.55. The van der Waals surface area contributed by atoms with Crippen molar-refractivity contribution in [2.45, 2.75) is 0 Å². The summed E-state index contributed by atoms with van der Waals surface area (Å²) in [5.41, 5.74) is 0.721. The van der Waals surface area contributed by atoms with Gasteiger partial charge in [-0.3, -0.25) is 19.3 Å². The molecule has 1 aliphatic heterocycles. The van der Waals surface area contributed by atoms with Gasteiger partial charge in [-0.15, -0.1) is 0 Å². The Labute approximate surface area is 148 Å². The van der Waals surface area contributed by atoms with Crippen molar-refractivity contribution in [3.63, 3.8) is 0 Å². The quantitative estimate of drug-likeness (QED) is 0.450.